The van der Waals surface area contributed by atoms with E-state index in [1.54, 1.807) is 26.3 Å². The Morgan fingerprint density at radius 3 is 2.23 bits per heavy atom. The van der Waals surface area contributed by atoms with Crippen LogP contribution in [0.5, 0.6) is 0 Å². The fourth-order valence-corrected chi connectivity index (χ4v) is 5.95. The van der Waals surface area contributed by atoms with Crippen LogP contribution in [0.1, 0.15) is 4.88 Å². The van der Waals surface area contributed by atoms with Gasteiger partial charge in [0, 0.05) is 57.2 Å². The standard InChI is InChI=1S/C16H24N6O2S2/c1-13-11-14-15(17-12-18-16(14)25-13)20-5-9-22(10-6-20)26(23,24)21-7-3-19(2)4-8-21/h11-12H,3-10H2,1-2H3. The number of anilines is 1. The van der Waals surface area contributed by atoms with E-state index in [9.17, 15) is 8.42 Å². The van der Waals surface area contributed by atoms with E-state index in [4.69, 9.17) is 0 Å². The first-order valence-electron chi connectivity index (χ1n) is 8.85. The van der Waals surface area contributed by atoms with Crippen molar-refractivity contribution in [3.05, 3.63) is 17.3 Å². The van der Waals surface area contributed by atoms with Gasteiger partial charge in [-0.2, -0.15) is 17.0 Å². The number of rotatable bonds is 3. The fourth-order valence-electron chi connectivity index (χ4n) is 3.53. The number of likely N-dealkylation sites (N-methyl/N-ethyl adjacent to an activating group) is 1. The van der Waals surface area contributed by atoms with Crippen molar-refractivity contribution in [2.45, 2.75) is 6.92 Å². The molecule has 0 saturated carbocycles. The molecule has 4 heterocycles. The zero-order valence-corrected chi connectivity index (χ0v) is 16.8. The molecule has 0 aliphatic carbocycles. The molecule has 2 fully saturated rings. The summed E-state index contributed by atoms with van der Waals surface area (Å²) in [5, 5.41) is 1.06. The van der Waals surface area contributed by atoms with E-state index in [0.717, 1.165) is 29.1 Å². The molecule has 2 aromatic rings. The molecule has 142 valence electrons. The minimum absolute atomic E-state index is 0.489. The highest BCUT2D eigenvalue weighted by Gasteiger charge is 2.34. The number of nitrogens with zero attached hydrogens (tertiary/aromatic N) is 6. The normalized spacial score (nSPS) is 21.5. The van der Waals surface area contributed by atoms with Gasteiger partial charge in [-0.25, -0.2) is 9.97 Å². The maximum atomic E-state index is 12.9. The minimum atomic E-state index is -3.37. The van der Waals surface area contributed by atoms with Crippen LogP contribution in [0.4, 0.5) is 5.82 Å². The van der Waals surface area contributed by atoms with Crippen molar-refractivity contribution in [2.24, 2.45) is 0 Å². The van der Waals surface area contributed by atoms with Crippen molar-refractivity contribution in [1.82, 2.24) is 23.5 Å². The van der Waals surface area contributed by atoms with Gasteiger partial charge in [0.1, 0.15) is 17.0 Å². The highest BCUT2D eigenvalue weighted by molar-refractivity contribution is 7.86. The summed E-state index contributed by atoms with van der Waals surface area (Å²) in [5.74, 6) is 0.913. The van der Waals surface area contributed by atoms with Crippen molar-refractivity contribution in [3.63, 3.8) is 0 Å². The van der Waals surface area contributed by atoms with Gasteiger partial charge in [0.2, 0.25) is 0 Å². The molecule has 10 heteroatoms. The average molecular weight is 397 g/mol. The van der Waals surface area contributed by atoms with Crippen LogP contribution in [0.15, 0.2) is 12.4 Å². The number of hydrogen-bond donors (Lipinski definition) is 0. The Kier molecular flexibility index (Phi) is 4.86. The molecule has 4 rings (SSSR count). The Hall–Kier alpha value is -1.33. The van der Waals surface area contributed by atoms with Gasteiger partial charge in [-0.15, -0.1) is 11.3 Å². The molecule has 0 atom stereocenters. The molecule has 0 N–H and O–H groups in total. The van der Waals surface area contributed by atoms with Crippen molar-refractivity contribution >= 4 is 37.6 Å². The van der Waals surface area contributed by atoms with Crippen LogP contribution >= 0.6 is 11.3 Å². The number of fused-ring (bicyclic) bond motifs is 1. The summed E-state index contributed by atoms with van der Waals surface area (Å²) >= 11 is 1.66. The molecule has 0 radical (unpaired) electrons. The van der Waals surface area contributed by atoms with Crippen LogP contribution < -0.4 is 4.90 Å². The van der Waals surface area contributed by atoms with E-state index < -0.39 is 10.2 Å². The SMILES string of the molecule is Cc1cc2c(N3CCN(S(=O)(=O)N4CCN(C)CC4)CC3)ncnc2s1. The third kappa shape index (κ3) is 3.31. The van der Waals surface area contributed by atoms with Gasteiger partial charge in [0.25, 0.3) is 10.2 Å². The third-order valence-corrected chi connectivity index (χ3v) is 8.08. The van der Waals surface area contributed by atoms with Gasteiger partial charge in [-0.05, 0) is 20.0 Å². The largest absolute Gasteiger partial charge is 0.353 e. The summed E-state index contributed by atoms with van der Waals surface area (Å²) < 4.78 is 29.0. The van der Waals surface area contributed by atoms with Gasteiger partial charge >= 0.3 is 0 Å². The molecule has 26 heavy (non-hydrogen) atoms. The van der Waals surface area contributed by atoms with Crippen LogP contribution in [0.2, 0.25) is 0 Å². The number of thiophene rings is 1. The van der Waals surface area contributed by atoms with E-state index in [1.807, 2.05) is 7.05 Å². The Labute approximate surface area is 158 Å². The summed E-state index contributed by atoms with van der Waals surface area (Å²) in [5.41, 5.74) is 0. The molecular formula is C16H24N6O2S2. The fraction of sp³-hybridized carbons (Fsp3) is 0.625. The number of aryl methyl sites for hydroxylation is 1. The Morgan fingerprint density at radius 2 is 1.58 bits per heavy atom. The number of piperazine rings is 2. The molecule has 2 aliphatic heterocycles. The molecule has 0 unspecified atom stereocenters. The molecular weight excluding hydrogens is 372 g/mol. The van der Waals surface area contributed by atoms with Crippen LogP contribution in [-0.2, 0) is 10.2 Å². The molecule has 2 aromatic heterocycles. The monoisotopic (exact) mass is 396 g/mol. The summed E-state index contributed by atoms with van der Waals surface area (Å²) in [4.78, 5) is 15.3. The lowest BCUT2D eigenvalue weighted by atomic mass is 10.3. The van der Waals surface area contributed by atoms with Gasteiger partial charge in [0.05, 0.1) is 5.39 Å². The maximum absolute atomic E-state index is 12.9. The maximum Gasteiger partial charge on any atom is 0.282 e. The minimum Gasteiger partial charge on any atom is -0.353 e. The van der Waals surface area contributed by atoms with Crippen molar-refractivity contribution in [1.29, 1.82) is 0 Å². The first kappa shape index (κ1) is 18.1. The van der Waals surface area contributed by atoms with Crippen molar-refractivity contribution < 1.29 is 8.42 Å². The lowest BCUT2D eigenvalue weighted by Gasteiger charge is -2.39. The molecule has 0 bridgehead atoms. The Morgan fingerprint density at radius 1 is 0.962 bits per heavy atom. The topological polar surface area (TPSA) is 72.9 Å². The first-order valence-corrected chi connectivity index (χ1v) is 11.1. The second-order valence-electron chi connectivity index (χ2n) is 6.87. The zero-order chi connectivity index (χ0) is 18.3. The smallest absolute Gasteiger partial charge is 0.282 e. The number of aromatic nitrogens is 2. The van der Waals surface area contributed by atoms with E-state index in [-0.39, 0.29) is 0 Å². The number of hydrogen-bond acceptors (Lipinski definition) is 7. The lowest BCUT2D eigenvalue weighted by molar-refractivity contribution is 0.210. The lowest BCUT2D eigenvalue weighted by Crippen LogP contribution is -2.56. The molecule has 2 aliphatic rings. The van der Waals surface area contributed by atoms with E-state index in [2.05, 4.69) is 32.8 Å². The molecule has 8 nitrogen and oxygen atoms in total. The Balaban J connectivity index is 1.47. The van der Waals surface area contributed by atoms with Crippen molar-refractivity contribution in [3.8, 4) is 0 Å². The summed E-state index contributed by atoms with van der Waals surface area (Å²) in [6.07, 6.45) is 1.60. The van der Waals surface area contributed by atoms with E-state index in [1.165, 1.54) is 4.88 Å². The van der Waals surface area contributed by atoms with Crippen LogP contribution in [0, 0.1) is 6.92 Å². The van der Waals surface area contributed by atoms with Gasteiger partial charge in [-0.3, -0.25) is 0 Å². The van der Waals surface area contributed by atoms with Crippen molar-refractivity contribution in [2.75, 3.05) is 64.3 Å². The molecule has 0 amide bonds. The Bertz CT molecular complexity index is 883. The molecule has 0 spiro atoms. The van der Waals surface area contributed by atoms with Crippen LogP contribution in [0.25, 0.3) is 10.2 Å². The second-order valence-corrected chi connectivity index (χ2v) is 10.0. The summed E-state index contributed by atoms with van der Waals surface area (Å²) in [7, 11) is -1.34. The van der Waals surface area contributed by atoms with E-state index >= 15 is 0 Å². The summed E-state index contributed by atoms with van der Waals surface area (Å²) in [6, 6.07) is 2.11. The van der Waals surface area contributed by atoms with Gasteiger partial charge < -0.3 is 9.80 Å². The predicted octanol–water partition coefficient (Wildman–Crippen LogP) is 0.614. The summed E-state index contributed by atoms with van der Waals surface area (Å²) in [6.45, 7) is 7.05. The van der Waals surface area contributed by atoms with Crippen LogP contribution in [0.3, 0.4) is 0 Å². The third-order valence-electron chi connectivity index (χ3n) is 5.08. The molecule has 2 saturated heterocycles. The highest BCUT2D eigenvalue weighted by Crippen LogP contribution is 2.30. The van der Waals surface area contributed by atoms with E-state index in [0.29, 0.717) is 39.3 Å². The first-order chi connectivity index (χ1) is 12.4. The zero-order valence-electron chi connectivity index (χ0n) is 15.1. The predicted molar refractivity (Wildman–Crippen MR) is 104 cm³/mol. The quantitative estimate of drug-likeness (QED) is 0.757. The second kappa shape index (κ2) is 7.01. The highest BCUT2D eigenvalue weighted by atomic mass is 32.2. The van der Waals surface area contributed by atoms with Gasteiger partial charge in [0.15, 0.2) is 0 Å². The average Bonchev–Trinajstić information content (AvgIpc) is 3.02. The van der Waals surface area contributed by atoms with Gasteiger partial charge in [-0.1, -0.05) is 0 Å². The molecule has 0 aromatic carbocycles. The van der Waals surface area contributed by atoms with Crippen LogP contribution in [-0.4, -0.2) is 91.3 Å².